The average Bonchev–Trinajstić information content (AvgIpc) is 2.56. The molecule has 0 unspecified atom stereocenters. The molecule has 3 rings (SSSR count). The largest absolute Gasteiger partial charge is 0.397 e. The molecule has 6 heteroatoms. The molecule has 0 bridgehead atoms. The molecule has 0 aliphatic carbocycles. The number of aromatic nitrogens is 2. The summed E-state index contributed by atoms with van der Waals surface area (Å²) in [4.78, 5) is 15.8. The van der Waals surface area contributed by atoms with Crippen LogP contribution in [0.5, 0.6) is 0 Å². The van der Waals surface area contributed by atoms with E-state index >= 15 is 0 Å². The molecule has 2 aromatic rings. The lowest BCUT2D eigenvalue weighted by molar-refractivity contribution is 0.271. The number of H-pyrrole nitrogens is 1. The molecule has 1 aliphatic rings. The summed E-state index contributed by atoms with van der Waals surface area (Å²) < 4.78 is 0. The van der Waals surface area contributed by atoms with Gasteiger partial charge in [-0.25, -0.2) is 5.10 Å². The Balaban J connectivity index is 1.80. The third kappa shape index (κ3) is 2.96. The van der Waals surface area contributed by atoms with Gasteiger partial charge in [-0.3, -0.25) is 4.79 Å². The smallest absolute Gasteiger partial charge is 0.264 e. The Morgan fingerprint density at radius 3 is 2.55 bits per heavy atom. The van der Waals surface area contributed by atoms with Crippen LogP contribution < -0.4 is 16.2 Å². The van der Waals surface area contributed by atoms with E-state index in [2.05, 4.69) is 26.9 Å². The van der Waals surface area contributed by atoms with E-state index in [1.807, 2.05) is 18.2 Å². The van der Waals surface area contributed by atoms with Crippen molar-refractivity contribution in [2.75, 3.05) is 43.4 Å². The number of nitrogens with zero attached hydrogens (tertiary/aromatic N) is 3. The van der Waals surface area contributed by atoms with Crippen LogP contribution >= 0.6 is 0 Å². The zero-order valence-electron chi connectivity index (χ0n) is 12.7. The average molecular weight is 299 g/mol. The van der Waals surface area contributed by atoms with Crippen LogP contribution in [0.1, 0.15) is 6.92 Å². The predicted octanol–water partition coefficient (Wildman–Crippen LogP) is 1.16. The Bertz CT molecular complexity index is 683. The quantitative estimate of drug-likeness (QED) is 0.832. The first-order chi connectivity index (χ1) is 10.7. The molecule has 0 spiro atoms. The maximum Gasteiger partial charge on any atom is 0.264 e. The van der Waals surface area contributed by atoms with Crippen molar-refractivity contribution in [2.45, 2.75) is 6.92 Å². The molecule has 1 aromatic heterocycles. The van der Waals surface area contributed by atoms with Gasteiger partial charge >= 0.3 is 0 Å². The highest BCUT2D eigenvalue weighted by Gasteiger charge is 2.17. The van der Waals surface area contributed by atoms with Gasteiger partial charge in [-0.1, -0.05) is 13.0 Å². The number of nitrogens with one attached hydrogen (secondary N) is 1. The van der Waals surface area contributed by atoms with Gasteiger partial charge in [-0.05, 0) is 24.7 Å². The number of likely N-dealkylation sites (N-methyl/N-ethyl adjacent to an activating group) is 1. The fourth-order valence-corrected chi connectivity index (χ4v) is 2.81. The van der Waals surface area contributed by atoms with Gasteiger partial charge in [0.15, 0.2) is 0 Å². The van der Waals surface area contributed by atoms with Crippen molar-refractivity contribution in [3.8, 4) is 11.3 Å². The molecule has 116 valence electrons. The van der Waals surface area contributed by atoms with Crippen molar-refractivity contribution >= 4 is 11.4 Å². The summed E-state index contributed by atoms with van der Waals surface area (Å²) >= 11 is 0. The zero-order valence-corrected chi connectivity index (χ0v) is 12.7. The third-order valence-electron chi connectivity index (χ3n) is 4.16. The van der Waals surface area contributed by atoms with Gasteiger partial charge in [-0.15, -0.1) is 0 Å². The van der Waals surface area contributed by atoms with Crippen LogP contribution in [0, 0.1) is 0 Å². The summed E-state index contributed by atoms with van der Waals surface area (Å²) in [6, 6.07) is 9.13. The van der Waals surface area contributed by atoms with E-state index in [1.54, 1.807) is 6.07 Å². The standard InChI is InChI=1S/C16H21N5O/c1-2-20-7-9-21(10-8-20)15-5-3-12(11-13(15)17)14-4-6-16(22)19-18-14/h3-6,11H,2,7-10,17H2,1H3,(H,19,22). The van der Waals surface area contributed by atoms with E-state index in [9.17, 15) is 4.79 Å². The highest BCUT2D eigenvalue weighted by atomic mass is 16.1. The minimum Gasteiger partial charge on any atom is -0.397 e. The van der Waals surface area contributed by atoms with Crippen LogP contribution in [0.4, 0.5) is 11.4 Å². The van der Waals surface area contributed by atoms with Crippen molar-refractivity contribution in [3.63, 3.8) is 0 Å². The Morgan fingerprint density at radius 1 is 1.18 bits per heavy atom. The maximum atomic E-state index is 11.1. The lowest BCUT2D eigenvalue weighted by Crippen LogP contribution is -2.46. The van der Waals surface area contributed by atoms with Gasteiger partial charge in [-0.2, -0.15) is 5.10 Å². The van der Waals surface area contributed by atoms with Crippen molar-refractivity contribution < 1.29 is 0 Å². The van der Waals surface area contributed by atoms with E-state index in [-0.39, 0.29) is 5.56 Å². The number of piperazine rings is 1. The molecule has 1 aromatic carbocycles. The fourth-order valence-electron chi connectivity index (χ4n) is 2.81. The Hall–Kier alpha value is -2.34. The lowest BCUT2D eigenvalue weighted by Gasteiger charge is -2.36. The second-order valence-electron chi connectivity index (χ2n) is 5.50. The highest BCUT2D eigenvalue weighted by molar-refractivity contribution is 5.75. The van der Waals surface area contributed by atoms with Crippen molar-refractivity contribution in [3.05, 3.63) is 40.7 Å². The molecule has 2 heterocycles. The van der Waals surface area contributed by atoms with Gasteiger partial charge in [0.05, 0.1) is 17.1 Å². The van der Waals surface area contributed by atoms with Crippen LogP contribution in [-0.4, -0.2) is 47.8 Å². The first kappa shape index (κ1) is 14.6. The molecule has 0 amide bonds. The van der Waals surface area contributed by atoms with Gasteiger partial charge in [0.2, 0.25) is 0 Å². The monoisotopic (exact) mass is 299 g/mol. The van der Waals surface area contributed by atoms with Crippen LogP contribution in [0.3, 0.4) is 0 Å². The number of benzene rings is 1. The van der Waals surface area contributed by atoms with E-state index in [4.69, 9.17) is 5.73 Å². The van der Waals surface area contributed by atoms with Crippen LogP contribution in [0.2, 0.25) is 0 Å². The molecule has 3 N–H and O–H groups in total. The summed E-state index contributed by atoms with van der Waals surface area (Å²) in [6.07, 6.45) is 0. The van der Waals surface area contributed by atoms with E-state index in [0.717, 1.165) is 49.7 Å². The SMILES string of the molecule is CCN1CCN(c2ccc(-c3ccc(=O)[nH]n3)cc2N)CC1. The first-order valence-corrected chi connectivity index (χ1v) is 7.60. The minimum absolute atomic E-state index is 0.206. The highest BCUT2D eigenvalue weighted by Crippen LogP contribution is 2.29. The van der Waals surface area contributed by atoms with Crippen molar-refractivity contribution in [1.29, 1.82) is 0 Å². The lowest BCUT2D eigenvalue weighted by atomic mass is 10.1. The topological polar surface area (TPSA) is 78.2 Å². The van der Waals surface area contributed by atoms with Gasteiger partial charge in [0.1, 0.15) is 0 Å². The van der Waals surface area contributed by atoms with Gasteiger partial charge in [0, 0.05) is 37.8 Å². The summed E-state index contributed by atoms with van der Waals surface area (Å²) in [7, 11) is 0. The maximum absolute atomic E-state index is 11.1. The van der Waals surface area contributed by atoms with Crippen LogP contribution in [0.15, 0.2) is 35.1 Å². The number of hydrogen-bond donors (Lipinski definition) is 2. The van der Waals surface area contributed by atoms with Crippen molar-refractivity contribution in [2.24, 2.45) is 0 Å². The van der Waals surface area contributed by atoms with Gasteiger partial charge < -0.3 is 15.5 Å². The summed E-state index contributed by atoms with van der Waals surface area (Å²) in [6.45, 7) is 7.41. The summed E-state index contributed by atoms with van der Waals surface area (Å²) in [5, 5.41) is 6.48. The second-order valence-corrected chi connectivity index (χ2v) is 5.50. The van der Waals surface area contributed by atoms with Crippen LogP contribution in [-0.2, 0) is 0 Å². The molecular formula is C16H21N5O. The van der Waals surface area contributed by atoms with E-state index < -0.39 is 0 Å². The van der Waals surface area contributed by atoms with Crippen LogP contribution in [0.25, 0.3) is 11.3 Å². The molecule has 0 atom stereocenters. The number of aromatic amines is 1. The fraction of sp³-hybridized carbons (Fsp3) is 0.375. The summed E-state index contributed by atoms with van der Waals surface area (Å²) in [5.41, 5.74) is 9.47. The number of anilines is 2. The molecule has 0 saturated carbocycles. The summed E-state index contributed by atoms with van der Waals surface area (Å²) in [5.74, 6) is 0. The number of rotatable bonds is 3. The molecule has 22 heavy (non-hydrogen) atoms. The van der Waals surface area contributed by atoms with Gasteiger partial charge in [0.25, 0.3) is 5.56 Å². The Labute approximate surface area is 129 Å². The first-order valence-electron chi connectivity index (χ1n) is 7.60. The molecule has 1 aliphatic heterocycles. The second kappa shape index (κ2) is 6.19. The molecule has 6 nitrogen and oxygen atoms in total. The molecular weight excluding hydrogens is 278 g/mol. The number of hydrogen-bond acceptors (Lipinski definition) is 5. The Morgan fingerprint density at radius 2 is 1.95 bits per heavy atom. The Kier molecular flexibility index (Phi) is 4.11. The minimum atomic E-state index is -0.206. The molecule has 1 saturated heterocycles. The third-order valence-corrected chi connectivity index (χ3v) is 4.16. The number of nitrogen functional groups attached to an aromatic ring is 1. The van der Waals surface area contributed by atoms with E-state index in [1.165, 1.54) is 6.07 Å². The van der Waals surface area contributed by atoms with E-state index in [0.29, 0.717) is 5.69 Å². The normalized spacial score (nSPS) is 16.0. The number of nitrogens with two attached hydrogens (primary N) is 1. The molecule has 1 fully saturated rings. The predicted molar refractivity (Wildman–Crippen MR) is 89.0 cm³/mol. The molecule has 0 radical (unpaired) electrons. The zero-order chi connectivity index (χ0) is 15.5. The van der Waals surface area contributed by atoms with Crippen molar-refractivity contribution in [1.82, 2.24) is 15.1 Å².